The van der Waals surface area contributed by atoms with E-state index in [1.165, 1.54) is 13.0 Å². The third-order valence-electron chi connectivity index (χ3n) is 2.52. The Labute approximate surface area is 114 Å². The highest BCUT2D eigenvalue weighted by Gasteiger charge is 2.30. The van der Waals surface area contributed by atoms with E-state index in [1.807, 2.05) is 0 Å². The van der Waals surface area contributed by atoms with Gasteiger partial charge in [-0.15, -0.1) is 0 Å². The topological polar surface area (TPSA) is 67.2 Å². The number of nitrogens with two attached hydrogens (primary N) is 1. The Morgan fingerprint density at radius 1 is 1.40 bits per heavy atom. The summed E-state index contributed by atoms with van der Waals surface area (Å²) in [5, 5.41) is 2.61. The Balaban J connectivity index is 2.75. The van der Waals surface area contributed by atoms with Crippen molar-refractivity contribution in [3.05, 3.63) is 35.4 Å². The van der Waals surface area contributed by atoms with Gasteiger partial charge in [-0.3, -0.25) is 10.6 Å². The van der Waals surface area contributed by atoms with Crippen LogP contribution in [-0.4, -0.2) is 12.5 Å². The first-order chi connectivity index (χ1) is 9.34. The summed E-state index contributed by atoms with van der Waals surface area (Å²) in [4.78, 5) is 10.6. The molecule has 0 radical (unpaired) electrons. The maximum atomic E-state index is 12.5. The maximum Gasteiger partial charge on any atom is 0.416 e. The van der Waals surface area contributed by atoms with Crippen LogP contribution in [0.1, 0.15) is 24.5 Å². The minimum Gasteiger partial charge on any atom is -0.356 e. The van der Waals surface area contributed by atoms with Crippen molar-refractivity contribution in [2.45, 2.75) is 19.5 Å². The second-order valence-electron chi connectivity index (χ2n) is 4.12. The van der Waals surface area contributed by atoms with Gasteiger partial charge in [-0.05, 0) is 24.1 Å². The van der Waals surface area contributed by atoms with E-state index in [9.17, 15) is 18.0 Å². The monoisotopic (exact) mass is 287 g/mol. The summed E-state index contributed by atoms with van der Waals surface area (Å²) in [6.45, 7) is 1.88. The molecule has 20 heavy (non-hydrogen) atoms. The van der Waals surface area contributed by atoms with Crippen LogP contribution in [0.3, 0.4) is 0 Å². The molecule has 110 valence electrons. The van der Waals surface area contributed by atoms with Crippen molar-refractivity contribution in [2.75, 3.05) is 12.0 Å². The van der Waals surface area contributed by atoms with Crippen LogP contribution in [-0.2, 0) is 11.0 Å². The van der Waals surface area contributed by atoms with E-state index in [0.717, 1.165) is 12.1 Å². The molecule has 0 unspecified atom stereocenters. The summed E-state index contributed by atoms with van der Waals surface area (Å²) in [6, 6.07) is 3.29. The Bertz CT molecular complexity index is 498. The van der Waals surface area contributed by atoms with E-state index in [4.69, 9.17) is 5.84 Å². The maximum absolute atomic E-state index is 12.5. The third-order valence-corrected chi connectivity index (χ3v) is 2.52. The number of carbonyl (C=O) groups excluding carboxylic acids is 1. The highest BCUT2D eigenvalue weighted by Crippen LogP contribution is 2.32. The average molecular weight is 287 g/mol. The predicted molar refractivity (Wildman–Crippen MR) is 71.6 cm³/mol. The number of hydrogen-bond donors (Lipinski definition) is 3. The highest BCUT2D eigenvalue weighted by atomic mass is 19.4. The third kappa shape index (κ3) is 4.93. The number of carbonyl (C=O) groups is 1. The molecule has 1 rings (SSSR count). The van der Waals surface area contributed by atoms with E-state index < -0.39 is 11.7 Å². The number of amides is 1. The molecule has 0 spiro atoms. The van der Waals surface area contributed by atoms with Crippen LogP contribution in [0.2, 0.25) is 0 Å². The number of hydrazine groups is 1. The summed E-state index contributed by atoms with van der Waals surface area (Å²) in [6.07, 6.45) is -0.430. The van der Waals surface area contributed by atoms with Gasteiger partial charge >= 0.3 is 6.18 Å². The number of nitrogens with one attached hydrogen (secondary N) is 2. The molecule has 0 atom stereocenters. The second kappa shape index (κ2) is 6.95. The minimum absolute atomic E-state index is 0.128. The number of rotatable bonds is 5. The summed E-state index contributed by atoms with van der Waals surface area (Å²) < 4.78 is 37.6. The first-order valence-corrected chi connectivity index (χ1v) is 5.93. The molecule has 0 bridgehead atoms. The minimum atomic E-state index is -4.40. The van der Waals surface area contributed by atoms with Crippen LogP contribution in [0.25, 0.3) is 6.08 Å². The van der Waals surface area contributed by atoms with Gasteiger partial charge in [0.1, 0.15) is 0 Å². The molecular formula is C13H16F3N3O. The predicted octanol–water partition coefficient (Wildman–Crippen LogP) is 2.53. The van der Waals surface area contributed by atoms with Crippen molar-refractivity contribution in [1.29, 1.82) is 0 Å². The van der Waals surface area contributed by atoms with E-state index in [-0.39, 0.29) is 11.6 Å². The molecular weight excluding hydrogens is 271 g/mol. The summed E-state index contributed by atoms with van der Waals surface area (Å²) in [5.41, 5.74) is 2.22. The Kier molecular flexibility index (Phi) is 5.57. The van der Waals surface area contributed by atoms with Crippen molar-refractivity contribution in [1.82, 2.24) is 5.32 Å². The van der Waals surface area contributed by atoms with Gasteiger partial charge in [-0.2, -0.15) is 13.2 Å². The van der Waals surface area contributed by atoms with E-state index >= 15 is 0 Å². The molecule has 0 aliphatic heterocycles. The van der Waals surface area contributed by atoms with Crippen LogP contribution in [0, 0.1) is 0 Å². The number of benzene rings is 1. The van der Waals surface area contributed by atoms with Gasteiger partial charge in [0.25, 0.3) is 0 Å². The zero-order valence-electron chi connectivity index (χ0n) is 10.9. The second-order valence-corrected chi connectivity index (χ2v) is 4.12. The number of nitrogen functional groups attached to an aromatic ring is 1. The molecule has 0 saturated heterocycles. The SMILES string of the molecule is CC(=O)NCCC=Cc1ccc(C(F)(F)F)cc1NN. The Hall–Kier alpha value is -2.02. The van der Waals surface area contributed by atoms with Gasteiger partial charge in [0.2, 0.25) is 5.91 Å². The molecule has 4 N–H and O–H groups in total. The van der Waals surface area contributed by atoms with E-state index in [0.29, 0.717) is 18.5 Å². The molecule has 1 aromatic carbocycles. The summed E-state index contributed by atoms with van der Waals surface area (Å²) in [7, 11) is 0. The number of alkyl halides is 3. The summed E-state index contributed by atoms with van der Waals surface area (Å²) >= 11 is 0. The highest BCUT2D eigenvalue weighted by molar-refractivity contribution is 5.72. The molecule has 4 nitrogen and oxygen atoms in total. The van der Waals surface area contributed by atoms with Crippen LogP contribution in [0.15, 0.2) is 24.3 Å². The zero-order chi connectivity index (χ0) is 15.2. The molecule has 0 heterocycles. The van der Waals surface area contributed by atoms with Crippen LogP contribution in [0.4, 0.5) is 18.9 Å². The summed E-state index contributed by atoms with van der Waals surface area (Å²) in [5.74, 6) is 5.10. The number of halogens is 3. The van der Waals surface area contributed by atoms with Crippen molar-refractivity contribution in [3.8, 4) is 0 Å². The average Bonchev–Trinajstić information content (AvgIpc) is 2.36. The molecule has 0 aliphatic carbocycles. The van der Waals surface area contributed by atoms with Gasteiger partial charge < -0.3 is 10.7 Å². The normalized spacial score (nSPS) is 11.7. The molecule has 0 aliphatic rings. The fraction of sp³-hybridized carbons (Fsp3) is 0.308. The Morgan fingerprint density at radius 2 is 2.10 bits per heavy atom. The number of anilines is 1. The lowest BCUT2D eigenvalue weighted by molar-refractivity contribution is -0.137. The van der Waals surface area contributed by atoms with Gasteiger partial charge in [0.15, 0.2) is 0 Å². The van der Waals surface area contributed by atoms with Crippen LogP contribution >= 0.6 is 0 Å². The van der Waals surface area contributed by atoms with Crippen molar-refractivity contribution >= 4 is 17.7 Å². The Morgan fingerprint density at radius 3 is 2.65 bits per heavy atom. The lowest BCUT2D eigenvalue weighted by Gasteiger charge is -2.11. The largest absolute Gasteiger partial charge is 0.416 e. The number of hydrogen-bond acceptors (Lipinski definition) is 3. The first kappa shape index (κ1) is 16.0. The van der Waals surface area contributed by atoms with Crippen molar-refractivity contribution < 1.29 is 18.0 Å². The molecule has 1 amide bonds. The molecule has 7 heteroatoms. The smallest absolute Gasteiger partial charge is 0.356 e. The van der Waals surface area contributed by atoms with Gasteiger partial charge in [0, 0.05) is 13.5 Å². The lowest BCUT2D eigenvalue weighted by atomic mass is 10.1. The zero-order valence-corrected chi connectivity index (χ0v) is 10.9. The van der Waals surface area contributed by atoms with Crippen LogP contribution in [0.5, 0.6) is 0 Å². The standard InChI is InChI=1S/C13H16F3N3O/c1-9(20)18-7-3-2-4-10-5-6-11(13(14,15)16)8-12(10)19-17/h2,4-6,8,19H,3,7,17H2,1H3,(H,18,20). The fourth-order valence-corrected chi connectivity index (χ4v) is 1.54. The molecule has 0 aromatic heterocycles. The van der Waals surface area contributed by atoms with Crippen molar-refractivity contribution in [2.24, 2.45) is 5.84 Å². The molecule has 1 aromatic rings. The van der Waals surface area contributed by atoms with Gasteiger partial charge in [0.05, 0.1) is 11.3 Å². The molecule has 0 saturated carbocycles. The van der Waals surface area contributed by atoms with Gasteiger partial charge in [-0.1, -0.05) is 18.2 Å². The molecule has 0 fully saturated rings. The van der Waals surface area contributed by atoms with Crippen molar-refractivity contribution in [3.63, 3.8) is 0 Å². The lowest BCUT2D eigenvalue weighted by Crippen LogP contribution is -2.20. The van der Waals surface area contributed by atoms with E-state index in [2.05, 4.69) is 10.7 Å². The van der Waals surface area contributed by atoms with Gasteiger partial charge in [-0.25, -0.2) is 0 Å². The first-order valence-electron chi connectivity index (χ1n) is 5.93. The van der Waals surface area contributed by atoms with E-state index in [1.54, 1.807) is 12.2 Å². The quantitative estimate of drug-likeness (QED) is 0.443. The fourth-order valence-electron chi connectivity index (χ4n) is 1.54. The van der Waals surface area contributed by atoms with Crippen LogP contribution < -0.4 is 16.6 Å².